The molecule has 2 aromatic carbocycles. The molecule has 0 bridgehead atoms. The van der Waals surface area contributed by atoms with Gasteiger partial charge in [0.2, 0.25) is 0 Å². The number of rotatable bonds is 6. The normalized spacial score (nSPS) is 16.0. The summed E-state index contributed by atoms with van der Waals surface area (Å²) in [6.45, 7) is 3.93. The van der Waals surface area contributed by atoms with Crippen LogP contribution < -0.4 is 4.90 Å². The Kier molecular flexibility index (Phi) is 7.26. The monoisotopic (exact) mass is 523 g/mol. The van der Waals surface area contributed by atoms with Crippen LogP contribution in [0.2, 0.25) is 0 Å². The summed E-state index contributed by atoms with van der Waals surface area (Å²) < 4.78 is 47.7. The Morgan fingerprint density at radius 2 is 1.89 bits per heavy atom. The minimum Gasteiger partial charge on any atom is -0.456 e. The van der Waals surface area contributed by atoms with E-state index in [1.54, 1.807) is 41.4 Å². The number of halogens is 3. The summed E-state index contributed by atoms with van der Waals surface area (Å²) in [5.41, 5.74) is 0.832. The maximum atomic E-state index is 13.6. The molecule has 38 heavy (non-hydrogen) atoms. The van der Waals surface area contributed by atoms with Crippen molar-refractivity contribution in [1.29, 1.82) is 5.26 Å². The van der Waals surface area contributed by atoms with Gasteiger partial charge in [-0.25, -0.2) is 14.6 Å². The molecule has 4 rings (SSSR count). The maximum Gasteiger partial charge on any atom is 0.416 e. The largest absolute Gasteiger partial charge is 0.456 e. The van der Waals surface area contributed by atoms with Gasteiger partial charge in [0.05, 0.1) is 52.7 Å². The molecule has 0 spiro atoms. The Morgan fingerprint density at radius 1 is 1.18 bits per heavy atom. The van der Waals surface area contributed by atoms with Gasteiger partial charge in [0.1, 0.15) is 6.61 Å². The third-order valence-corrected chi connectivity index (χ3v) is 6.38. The summed E-state index contributed by atoms with van der Waals surface area (Å²) in [5.74, 6) is -0.739. The van der Waals surface area contributed by atoms with Gasteiger partial charge in [0, 0.05) is 19.3 Å². The first kappa shape index (κ1) is 26.5. The van der Waals surface area contributed by atoms with Crippen molar-refractivity contribution >= 4 is 17.7 Å². The number of anilines is 1. The summed E-state index contributed by atoms with van der Waals surface area (Å²) in [6, 6.07) is 11.2. The van der Waals surface area contributed by atoms with Gasteiger partial charge in [-0.3, -0.25) is 4.90 Å². The number of esters is 1. The van der Waals surface area contributed by atoms with E-state index in [0.29, 0.717) is 23.4 Å². The molecule has 0 radical (unpaired) electrons. The SMILES string of the molecule is CCn1cncc1COC(=O)C1=C(C)N(c2cccc(C(F)(F)F)c2)C(=O)N(C)C1c1ccc(C#N)cc1. The van der Waals surface area contributed by atoms with Crippen LogP contribution in [0, 0.1) is 11.3 Å². The van der Waals surface area contributed by atoms with Crippen LogP contribution in [0.3, 0.4) is 0 Å². The molecule has 0 saturated heterocycles. The average molecular weight is 524 g/mol. The van der Waals surface area contributed by atoms with Crippen molar-refractivity contribution in [1.82, 2.24) is 14.5 Å². The zero-order valence-corrected chi connectivity index (χ0v) is 20.9. The van der Waals surface area contributed by atoms with Crippen molar-refractivity contribution in [2.45, 2.75) is 39.2 Å². The smallest absolute Gasteiger partial charge is 0.416 e. The number of ether oxygens (including phenoxy) is 1. The summed E-state index contributed by atoms with van der Waals surface area (Å²) in [7, 11) is 1.46. The van der Waals surface area contributed by atoms with Crippen molar-refractivity contribution in [2.24, 2.45) is 0 Å². The molecule has 11 heteroatoms. The predicted molar refractivity (Wildman–Crippen MR) is 131 cm³/mol. The van der Waals surface area contributed by atoms with Crippen molar-refractivity contribution in [3.63, 3.8) is 0 Å². The van der Waals surface area contributed by atoms with Gasteiger partial charge >= 0.3 is 18.2 Å². The molecule has 1 unspecified atom stereocenters. The molecular formula is C27H24F3N5O3. The lowest BCUT2D eigenvalue weighted by Gasteiger charge is -2.41. The molecule has 1 aliphatic rings. The number of nitriles is 1. The van der Waals surface area contributed by atoms with Crippen LogP contribution in [0.25, 0.3) is 0 Å². The fourth-order valence-corrected chi connectivity index (χ4v) is 4.41. The molecule has 2 heterocycles. The summed E-state index contributed by atoms with van der Waals surface area (Å²) >= 11 is 0. The predicted octanol–water partition coefficient (Wildman–Crippen LogP) is 5.42. The van der Waals surface area contributed by atoms with E-state index >= 15 is 0 Å². The molecule has 1 aliphatic heterocycles. The van der Waals surface area contributed by atoms with E-state index in [0.717, 1.165) is 17.0 Å². The van der Waals surface area contributed by atoms with Crippen LogP contribution >= 0.6 is 0 Å². The first-order valence-corrected chi connectivity index (χ1v) is 11.7. The van der Waals surface area contributed by atoms with E-state index in [2.05, 4.69) is 4.98 Å². The Balaban J connectivity index is 1.81. The molecule has 1 aromatic heterocycles. The number of likely N-dealkylation sites (N-methyl/N-ethyl adjacent to an activating group) is 1. The van der Waals surface area contributed by atoms with Crippen LogP contribution in [0.4, 0.5) is 23.7 Å². The maximum absolute atomic E-state index is 13.6. The van der Waals surface area contributed by atoms with Gasteiger partial charge in [0.25, 0.3) is 0 Å². The van der Waals surface area contributed by atoms with Crippen molar-refractivity contribution in [3.05, 3.63) is 94.7 Å². The molecule has 0 saturated carbocycles. The van der Waals surface area contributed by atoms with Crippen LogP contribution in [0.15, 0.2) is 72.3 Å². The molecule has 8 nitrogen and oxygen atoms in total. The fourth-order valence-electron chi connectivity index (χ4n) is 4.41. The highest BCUT2D eigenvalue weighted by atomic mass is 19.4. The molecular weight excluding hydrogens is 499 g/mol. The first-order valence-electron chi connectivity index (χ1n) is 11.7. The Hall–Kier alpha value is -4.59. The Morgan fingerprint density at radius 3 is 2.53 bits per heavy atom. The van der Waals surface area contributed by atoms with Crippen molar-refractivity contribution < 1.29 is 27.5 Å². The van der Waals surface area contributed by atoms with E-state index in [1.807, 2.05) is 13.0 Å². The van der Waals surface area contributed by atoms with Gasteiger partial charge in [0.15, 0.2) is 0 Å². The highest BCUT2D eigenvalue weighted by Crippen LogP contribution is 2.40. The molecule has 196 valence electrons. The van der Waals surface area contributed by atoms with Crippen molar-refractivity contribution in [2.75, 3.05) is 11.9 Å². The number of aromatic nitrogens is 2. The Bertz CT molecular complexity index is 1440. The number of aryl methyl sites for hydroxylation is 1. The molecule has 3 aromatic rings. The zero-order chi connectivity index (χ0) is 27.6. The first-order chi connectivity index (χ1) is 18.1. The van der Waals surface area contributed by atoms with Crippen LogP contribution in [0.5, 0.6) is 0 Å². The highest BCUT2D eigenvalue weighted by molar-refractivity contribution is 6.03. The van der Waals surface area contributed by atoms with Gasteiger partial charge in [-0.05, 0) is 49.7 Å². The summed E-state index contributed by atoms with van der Waals surface area (Å²) in [4.78, 5) is 33.5. The zero-order valence-electron chi connectivity index (χ0n) is 20.9. The number of carbonyl (C=O) groups excluding carboxylic acids is 2. The van der Waals surface area contributed by atoms with Gasteiger partial charge in [-0.1, -0.05) is 18.2 Å². The number of amides is 2. The topological polar surface area (TPSA) is 91.5 Å². The fraction of sp³-hybridized carbons (Fsp3) is 0.259. The number of imidazole rings is 1. The molecule has 1 atom stereocenters. The summed E-state index contributed by atoms with van der Waals surface area (Å²) in [5, 5.41) is 9.17. The quantitative estimate of drug-likeness (QED) is 0.402. The third-order valence-electron chi connectivity index (χ3n) is 6.38. The number of urea groups is 1. The third kappa shape index (κ3) is 4.98. The molecule has 0 aliphatic carbocycles. The second-order valence-electron chi connectivity index (χ2n) is 8.66. The minimum absolute atomic E-state index is 0.0400. The van der Waals surface area contributed by atoms with Gasteiger partial charge in [-0.2, -0.15) is 18.4 Å². The standard InChI is InChI=1S/C27H24F3N5O3/c1-4-34-16-32-14-22(34)15-38-25(36)23-17(2)35(21-7-5-6-20(12-21)27(28,29)30)26(37)33(3)24(23)19-10-8-18(13-31)9-11-19/h5-12,14,16,24H,4,15H2,1-3H3. The molecule has 2 amide bonds. The van der Waals surface area contributed by atoms with Crippen LogP contribution in [0.1, 0.15) is 42.3 Å². The number of benzene rings is 2. The van der Waals surface area contributed by atoms with Crippen LogP contribution in [-0.4, -0.2) is 33.5 Å². The second kappa shape index (κ2) is 10.4. The second-order valence-corrected chi connectivity index (χ2v) is 8.66. The van der Waals surface area contributed by atoms with Crippen LogP contribution in [-0.2, 0) is 28.9 Å². The number of allylic oxidation sites excluding steroid dienone is 1. The van der Waals surface area contributed by atoms with E-state index in [4.69, 9.17) is 10.00 Å². The van der Waals surface area contributed by atoms with E-state index in [1.165, 1.54) is 31.0 Å². The highest BCUT2D eigenvalue weighted by Gasteiger charge is 2.42. The molecule has 0 N–H and O–H groups in total. The lowest BCUT2D eigenvalue weighted by Crippen LogP contribution is -2.49. The minimum atomic E-state index is -4.62. The number of alkyl halides is 3. The van der Waals surface area contributed by atoms with Gasteiger partial charge < -0.3 is 14.2 Å². The Labute approximate surface area is 217 Å². The number of hydrogen-bond acceptors (Lipinski definition) is 5. The lowest BCUT2D eigenvalue weighted by molar-refractivity contribution is -0.141. The molecule has 0 fully saturated rings. The van der Waals surface area contributed by atoms with E-state index < -0.39 is 29.8 Å². The summed E-state index contributed by atoms with van der Waals surface area (Å²) in [6.07, 6.45) is -1.44. The number of nitrogens with zero attached hydrogens (tertiary/aromatic N) is 5. The number of hydrogen-bond donors (Lipinski definition) is 0. The number of carbonyl (C=O) groups is 2. The lowest BCUT2D eigenvalue weighted by atomic mass is 9.92. The van der Waals surface area contributed by atoms with E-state index in [9.17, 15) is 22.8 Å². The average Bonchev–Trinajstić information content (AvgIpc) is 3.37. The van der Waals surface area contributed by atoms with Gasteiger partial charge in [-0.15, -0.1) is 0 Å². The van der Waals surface area contributed by atoms with Crippen molar-refractivity contribution in [3.8, 4) is 6.07 Å². The van der Waals surface area contributed by atoms with E-state index in [-0.39, 0.29) is 23.6 Å².